The lowest BCUT2D eigenvalue weighted by atomic mass is 9.85. The predicted octanol–water partition coefficient (Wildman–Crippen LogP) is 7.05. The molecule has 1 aliphatic heterocycles. The summed E-state index contributed by atoms with van der Waals surface area (Å²) in [4.78, 5) is 2.23. The molecule has 11 heteroatoms. The zero-order valence-electron chi connectivity index (χ0n) is 20.4. The van der Waals surface area contributed by atoms with E-state index in [2.05, 4.69) is 5.16 Å². The number of nitrogens with zero attached hydrogens (tertiary/aromatic N) is 2. The van der Waals surface area contributed by atoms with Crippen molar-refractivity contribution in [3.63, 3.8) is 0 Å². The summed E-state index contributed by atoms with van der Waals surface area (Å²) in [5.41, 5.74) is 2.15. The highest BCUT2D eigenvalue weighted by Crippen LogP contribution is 2.46. The maximum Gasteiger partial charge on any atom is 0.186 e. The molecule has 1 aromatic heterocycles. The van der Waals surface area contributed by atoms with E-state index in [4.69, 9.17) is 44.1 Å². The smallest absolute Gasteiger partial charge is 0.186 e. The van der Waals surface area contributed by atoms with Crippen molar-refractivity contribution >= 4 is 51.6 Å². The molecule has 7 nitrogen and oxygen atoms in total. The van der Waals surface area contributed by atoms with Crippen LogP contribution in [0.2, 0.25) is 15.1 Å². The molecule has 2 heterocycles. The first-order valence-corrected chi connectivity index (χ1v) is 14.5. The van der Waals surface area contributed by atoms with Crippen LogP contribution in [-0.4, -0.2) is 32.1 Å². The standard InChI is InChI=1S/C28H23Cl3N2O5S/c29-22-5-2-6-23(30)25(22)26-20(27(38-32-26)16-7-8-16)13-37-18-9-10-21(24(31)12-18)28(34)14-33(15-28)17-3-1-4-19(11-17)39(35)36/h1-6,9-12,16,34H,7-8,13-15H2,(H,35,36). The first kappa shape index (κ1) is 26.6. The average Bonchev–Trinajstić information content (AvgIpc) is 3.66. The number of benzene rings is 3. The van der Waals surface area contributed by atoms with Crippen LogP contribution < -0.4 is 9.64 Å². The van der Waals surface area contributed by atoms with Crippen LogP contribution in [0.1, 0.15) is 35.6 Å². The molecule has 3 aromatic carbocycles. The zero-order chi connectivity index (χ0) is 27.3. The second-order valence-corrected chi connectivity index (χ2v) is 12.0. The Bertz CT molecular complexity index is 1560. The molecule has 1 saturated heterocycles. The van der Waals surface area contributed by atoms with Gasteiger partial charge in [0.25, 0.3) is 0 Å². The van der Waals surface area contributed by atoms with E-state index >= 15 is 0 Å². The van der Waals surface area contributed by atoms with Crippen molar-refractivity contribution in [3.05, 3.63) is 92.6 Å². The van der Waals surface area contributed by atoms with E-state index in [0.29, 0.717) is 61.5 Å². The summed E-state index contributed by atoms with van der Waals surface area (Å²) < 4.78 is 32.6. The van der Waals surface area contributed by atoms with Crippen LogP contribution in [0, 0.1) is 0 Å². The van der Waals surface area contributed by atoms with E-state index < -0.39 is 16.7 Å². The van der Waals surface area contributed by atoms with Crippen LogP contribution >= 0.6 is 34.8 Å². The number of hydrogen-bond acceptors (Lipinski definition) is 6. The Morgan fingerprint density at radius 3 is 2.41 bits per heavy atom. The molecule has 4 aromatic rings. The monoisotopic (exact) mass is 604 g/mol. The quantitative estimate of drug-likeness (QED) is 0.208. The van der Waals surface area contributed by atoms with E-state index in [-0.39, 0.29) is 6.61 Å². The van der Waals surface area contributed by atoms with Gasteiger partial charge in [-0.25, -0.2) is 4.21 Å². The molecule has 39 heavy (non-hydrogen) atoms. The molecule has 0 amide bonds. The lowest BCUT2D eigenvalue weighted by Crippen LogP contribution is -2.59. The number of rotatable bonds is 8. The first-order chi connectivity index (χ1) is 18.7. The van der Waals surface area contributed by atoms with Gasteiger partial charge in [0.2, 0.25) is 0 Å². The Kier molecular flexibility index (Phi) is 7.12. The van der Waals surface area contributed by atoms with Gasteiger partial charge in [-0.1, -0.05) is 58.2 Å². The number of aliphatic hydroxyl groups is 1. The molecule has 2 N–H and O–H groups in total. The van der Waals surface area contributed by atoms with Crippen LogP contribution in [0.4, 0.5) is 5.69 Å². The number of ether oxygens (including phenoxy) is 1. The Morgan fingerprint density at radius 2 is 1.74 bits per heavy atom. The number of anilines is 1. The van der Waals surface area contributed by atoms with Crippen LogP contribution in [-0.2, 0) is 23.3 Å². The third-order valence-corrected chi connectivity index (χ3v) is 8.68. The van der Waals surface area contributed by atoms with Gasteiger partial charge in [0.1, 0.15) is 29.4 Å². The van der Waals surface area contributed by atoms with Gasteiger partial charge in [0.05, 0.1) is 38.6 Å². The lowest BCUT2D eigenvalue weighted by molar-refractivity contribution is 0.00758. The van der Waals surface area contributed by atoms with E-state index in [1.54, 1.807) is 54.6 Å². The minimum Gasteiger partial charge on any atom is -0.489 e. The van der Waals surface area contributed by atoms with E-state index in [0.717, 1.165) is 29.9 Å². The van der Waals surface area contributed by atoms with Crippen molar-refractivity contribution in [1.82, 2.24) is 5.16 Å². The molecule has 0 radical (unpaired) electrons. The van der Waals surface area contributed by atoms with Gasteiger partial charge in [-0.05, 0) is 55.3 Å². The predicted molar refractivity (Wildman–Crippen MR) is 151 cm³/mol. The van der Waals surface area contributed by atoms with Crippen LogP contribution in [0.15, 0.2) is 70.1 Å². The van der Waals surface area contributed by atoms with Gasteiger partial charge in [-0.3, -0.25) is 0 Å². The Labute approximate surface area is 242 Å². The van der Waals surface area contributed by atoms with Gasteiger partial charge < -0.3 is 23.8 Å². The first-order valence-electron chi connectivity index (χ1n) is 12.3. The second kappa shape index (κ2) is 10.4. The summed E-state index contributed by atoms with van der Waals surface area (Å²) in [6.07, 6.45) is 2.05. The van der Waals surface area contributed by atoms with Crippen molar-refractivity contribution in [3.8, 4) is 17.0 Å². The number of aromatic nitrogens is 1. The fraction of sp³-hybridized carbons (Fsp3) is 0.250. The van der Waals surface area contributed by atoms with E-state index in [1.807, 2.05) is 11.0 Å². The maximum absolute atomic E-state index is 11.4. The van der Waals surface area contributed by atoms with Gasteiger partial charge in [0, 0.05) is 22.7 Å². The molecular weight excluding hydrogens is 583 g/mol. The van der Waals surface area contributed by atoms with E-state index in [9.17, 15) is 13.9 Å². The van der Waals surface area contributed by atoms with Gasteiger partial charge in [-0.15, -0.1) is 0 Å². The number of hydrogen-bond donors (Lipinski definition) is 2. The normalized spacial score (nSPS) is 17.1. The van der Waals surface area contributed by atoms with Crippen molar-refractivity contribution in [2.75, 3.05) is 18.0 Å². The fourth-order valence-corrected chi connectivity index (χ4v) is 6.23. The third-order valence-electron chi connectivity index (χ3n) is 7.08. The van der Waals surface area contributed by atoms with Crippen LogP contribution in [0.25, 0.3) is 11.3 Å². The molecule has 6 rings (SSSR count). The topological polar surface area (TPSA) is 96.0 Å². The Balaban J connectivity index is 1.19. The third kappa shape index (κ3) is 5.17. The summed E-state index contributed by atoms with van der Waals surface area (Å²) >= 11 is 17.4. The lowest BCUT2D eigenvalue weighted by Gasteiger charge is -2.48. The summed E-state index contributed by atoms with van der Waals surface area (Å²) in [5, 5.41) is 16.9. The SMILES string of the molecule is O=S(O)c1cccc(N2CC(O)(c3ccc(OCc4c(-c5c(Cl)cccc5Cl)noc4C4CC4)cc3Cl)C2)c1. The van der Waals surface area contributed by atoms with Crippen molar-refractivity contribution in [2.45, 2.75) is 35.9 Å². The molecule has 1 atom stereocenters. The summed E-state index contributed by atoms with van der Waals surface area (Å²) in [7, 11) is 0. The molecule has 0 bridgehead atoms. The average molecular weight is 606 g/mol. The molecule has 1 aliphatic carbocycles. The molecule has 1 unspecified atom stereocenters. The zero-order valence-corrected chi connectivity index (χ0v) is 23.5. The molecule has 0 spiro atoms. The summed E-state index contributed by atoms with van der Waals surface area (Å²) in [5.74, 6) is 1.61. The Hall–Kier alpha value is -2.59. The summed E-state index contributed by atoms with van der Waals surface area (Å²) in [6.45, 7) is 0.770. The largest absolute Gasteiger partial charge is 0.489 e. The minimum absolute atomic E-state index is 0.183. The molecule has 2 aliphatic rings. The van der Waals surface area contributed by atoms with Gasteiger partial charge in [-0.2, -0.15) is 0 Å². The fourth-order valence-electron chi connectivity index (χ4n) is 4.89. The second-order valence-electron chi connectivity index (χ2n) is 9.81. The highest BCUT2D eigenvalue weighted by atomic mass is 35.5. The van der Waals surface area contributed by atoms with Crippen molar-refractivity contribution in [1.29, 1.82) is 0 Å². The minimum atomic E-state index is -2.07. The highest BCUT2D eigenvalue weighted by Gasteiger charge is 2.44. The van der Waals surface area contributed by atoms with E-state index in [1.165, 1.54) is 0 Å². The van der Waals surface area contributed by atoms with Crippen molar-refractivity contribution in [2.24, 2.45) is 0 Å². The van der Waals surface area contributed by atoms with Gasteiger partial charge in [0.15, 0.2) is 11.1 Å². The molecular formula is C28H23Cl3N2O5S. The van der Waals surface area contributed by atoms with Crippen molar-refractivity contribution < 1.29 is 23.1 Å². The number of halogens is 3. The number of β-amino-alcohol motifs (C(OH)–C–C–N with tert-alkyl or cyclic N) is 1. The van der Waals surface area contributed by atoms with Crippen LogP contribution in [0.3, 0.4) is 0 Å². The highest BCUT2D eigenvalue weighted by molar-refractivity contribution is 7.79. The maximum atomic E-state index is 11.4. The van der Waals surface area contributed by atoms with Crippen LogP contribution in [0.5, 0.6) is 5.75 Å². The Morgan fingerprint density at radius 1 is 1.03 bits per heavy atom. The molecule has 202 valence electrons. The van der Waals surface area contributed by atoms with Gasteiger partial charge >= 0.3 is 0 Å². The molecule has 1 saturated carbocycles. The molecule has 2 fully saturated rings. The summed E-state index contributed by atoms with van der Waals surface area (Å²) in [6, 6.07) is 17.3.